The maximum absolute atomic E-state index is 8.97. The molecule has 4 nitrogen and oxygen atoms in total. The molecule has 0 spiro atoms. The topological polar surface area (TPSA) is 58.2 Å². The Morgan fingerprint density at radius 3 is 2.90 bits per heavy atom. The van der Waals surface area contributed by atoms with Crippen LogP contribution in [0.15, 0.2) is 41.0 Å². The minimum atomic E-state index is 0.352. The Labute approximate surface area is 125 Å². The molecule has 21 heavy (non-hydrogen) atoms. The molecule has 0 bridgehead atoms. The normalized spacial score (nSPS) is 11.9. The number of nitriles is 1. The van der Waals surface area contributed by atoms with Crippen molar-refractivity contribution < 1.29 is 9.15 Å². The van der Waals surface area contributed by atoms with Crippen molar-refractivity contribution in [3.63, 3.8) is 0 Å². The van der Waals surface area contributed by atoms with Gasteiger partial charge in [-0.3, -0.25) is 0 Å². The van der Waals surface area contributed by atoms with E-state index in [0.29, 0.717) is 18.2 Å². The minimum absolute atomic E-state index is 0.352. The van der Waals surface area contributed by atoms with E-state index >= 15 is 0 Å². The smallest absolute Gasteiger partial charge is 0.123 e. The Kier molecular flexibility index (Phi) is 5.42. The number of methoxy groups -OCH3 is 1. The average molecular weight is 284 g/mol. The molecule has 1 heterocycles. The highest BCUT2D eigenvalue weighted by molar-refractivity contribution is 5.42. The molecule has 0 radical (unpaired) electrons. The summed E-state index contributed by atoms with van der Waals surface area (Å²) in [5, 5.41) is 12.4. The summed E-state index contributed by atoms with van der Waals surface area (Å²) in [6.07, 6.45) is 3.61. The van der Waals surface area contributed by atoms with Crippen LogP contribution in [-0.4, -0.2) is 13.2 Å². The zero-order chi connectivity index (χ0) is 15.1. The van der Waals surface area contributed by atoms with Crippen molar-refractivity contribution >= 4 is 0 Å². The summed E-state index contributed by atoms with van der Waals surface area (Å²) in [6.45, 7) is 2.82. The highest BCUT2D eigenvalue weighted by Crippen LogP contribution is 2.19. The van der Waals surface area contributed by atoms with Gasteiger partial charge in [-0.15, -0.1) is 0 Å². The predicted molar refractivity (Wildman–Crippen MR) is 81.0 cm³/mol. The summed E-state index contributed by atoms with van der Waals surface area (Å²) in [5.74, 6) is 1.81. The van der Waals surface area contributed by atoms with Gasteiger partial charge in [-0.25, -0.2) is 0 Å². The lowest BCUT2D eigenvalue weighted by Crippen LogP contribution is -2.26. The van der Waals surface area contributed by atoms with E-state index in [4.69, 9.17) is 14.4 Å². The van der Waals surface area contributed by atoms with Crippen LogP contribution in [-0.2, 0) is 13.0 Å². The molecule has 0 saturated heterocycles. The number of ether oxygens (including phenoxy) is 1. The lowest BCUT2D eigenvalue weighted by molar-refractivity contribution is 0.403. The first-order chi connectivity index (χ1) is 10.2. The molecule has 0 amide bonds. The minimum Gasteiger partial charge on any atom is -0.496 e. The fourth-order valence-corrected chi connectivity index (χ4v) is 2.19. The van der Waals surface area contributed by atoms with Gasteiger partial charge in [0.15, 0.2) is 0 Å². The predicted octanol–water partition coefficient (Wildman–Crippen LogP) is 3.27. The van der Waals surface area contributed by atoms with Gasteiger partial charge in [-0.05, 0) is 43.7 Å². The first kappa shape index (κ1) is 15.1. The van der Waals surface area contributed by atoms with Crippen LogP contribution in [0.4, 0.5) is 0 Å². The molecule has 1 unspecified atom stereocenters. The largest absolute Gasteiger partial charge is 0.496 e. The summed E-state index contributed by atoms with van der Waals surface area (Å²) in [4.78, 5) is 0. The molecule has 0 aliphatic carbocycles. The number of hydrogen-bond acceptors (Lipinski definition) is 4. The van der Waals surface area contributed by atoms with Gasteiger partial charge in [-0.2, -0.15) is 5.26 Å². The monoisotopic (exact) mass is 284 g/mol. The number of furan rings is 1. The Morgan fingerprint density at radius 2 is 2.24 bits per heavy atom. The summed E-state index contributed by atoms with van der Waals surface area (Å²) < 4.78 is 10.7. The van der Waals surface area contributed by atoms with Gasteiger partial charge in [0.1, 0.15) is 11.5 Å². The van der Waals surface area contributed by atoms with Crippen LogP contribution in [0.1, 0.15) is 30.2 Å². The van der Waals surface area contributed by atoms with Gasteiger partial charge in [0, 0.05) is 24.6 Å². The number of benzene rings is 1. The molecular weight excluding hydrogens is 264 g/mol. The lowest BCUT2D eigenvalue weighted by Gasteiger charge is -2.15. The van der Waals surface area contributed by atoms with Crippen molar-refractivity contribution in [2.45, 2.75) is 32.4 Å². The third-order valence-corrected chi connectivity index (χ3v) is 3.45. The Hall–Kier alpha value is -2.25. The van der Waals surface area contributed by atoms with Gasteiger partial charge in [0.05, 0.1) is 25.0 Å². The molecule has 110 valence electrons. The Morgan fingerprint density at radius 1 is 1.38 bits per heavy atom. The highest BCUT2D eigenvalue weighted by Gasteiger charge is 2.08. The molecule has 1 atom stereocenters. The summed E-state index contributed by atoms with van der Waals surface area (Å²) in [6, 6.07) is 11.9. The summed E-state index contributed by atoms with van der Waals surface area (Å²) in [5.41, 5.74) is 1.65. The Bertz CT molecular complexity index is 600. The molecule has 0 saturated carbocycles. The number of nitrogens with one attached hydrogen (secondary N) is 1. The first-order valence-electron chi connectivity index (χ1n) is 7.05. The van der Waals surface area contributed by atoms with Crippen LogP contribution in [0.25, 0.3) is 0 Å². The zero-order valence-corrected chi connectivity index (χ0v) is 12.4. The molecule has 1 aromatic carbocycles. The van der Waals surface area contributed by atoms with Crippen molar-refractivity contribution in [3.05, 3.63) is 53.5 Å². The van der Waals surface area contributed by atoms with Crippen molar-refractivity contribution in [3.8, 4) is 11.8 Å². The van der Waals surface area contributed by atoms with Crippen LogP contribution in [0.5, 0.6) is 5.75 Å². The molecule has 4 heteroatoms. The van der Waals surface area contributed by atoms with E-state index < -0.39 is 0 Å². The van der Waals surface area contributed by atoms with Crippen LogP contribution < -0.4 is 10.1 Å². The zero-order valence-electron chi connectivity index (χ0n) is 12.4. The molecule has 1 aromatic heterocycles. The van der Waals surface area contributed by atoms with Crippen molar-refractivity contribution in [1.82, 2.24) is 5.32 Å². The SMILES string of the molecule is COc1ccc(C#N)cc1CNC(C)CCc1ccco1. The van der Waals surface area contributed by atoms with Crippen molar-refractivity contribution in [2.75, 3.05) is 7.11 Å². The third kappa shape index (κ3) is 4.37. The maximum Gasteiger partial charge on any atom is 0.123 e. The average Bonchev–Trinajstić information content (AvgIpc) is 3.04. The number of aryl methyl sites for hydroxylation is 1. The van der Waals surface area contributed by atoms with Gasteiger partial charge in [0.25, 0.3) is 0 Å². The molecule has 2 rings (SSSR count). The quantitative estimate of drug-likeness (QED) is 0.847. The van der Waals surface area contributed by atoms with Gasteiger partial charge >= 0.3 is 0 Å². The first-order valence-corrected chi connectivity index (χ1v) is 7.05. The fraction of sp³-hybridized carbons (Fsp3) is 0.353. The van der Waals surface area contributed by atoms with E-state index in [-0.39, 0.29) is 0 Å². The van der Waals surface area contributed by atoms with E-state index in [0.717, 1.165) is 29.9 Å². The second-order valence-electron chi connectivity index (χ2n) is 5.04. The van der Waals surface area contributed by atoms with Gasteiger partial charge in [0.2, 0.25) is 0 Å². The van der Waals surface area contributed by atoms with E-state index in [1.807, 2.05) is 24.3 Å². The molecule has 0 aliphatic rings. The summed E-state index contributed by atoms with van der Waals surface area (Å²) >= 11 is 0. The number of rotatable bonds is 7. The number of hydrogen-bond donors (Lipinski definition) is 1. The Balaban J connectivity index is 1.88. The van der Waals surface area contributed by atoms with Gasteiger partial charge < -0.3 is 14.5 Å². The molecule has 0 aliphatic heterocycles. The van der Waals surface area contributed by atoms with Crippen LogP contribution in [0.3, 0.4) is 0 Å². The molecular formula is C17H20N2O2. The maximum atomic E-state index is 8.97. The van der Waals surface area contributed by atoms with Crippen LogP contribution >= 0.6 is 0 Å². The molecule has 2 aromatic rings. The third-order valence-electron chi connectivity index (χ3n) is 3.45. The second-order valence-corrected chi connectivity index (χ2v) is 5.04. The highest BCUT2D eigenvalue weighted by atomic mass is 16.5. The summed E-state index contributed by atoms with van der Waals surface area (Å²) in [7, 11) is 1.64. The van der Waals surface area contributed by atoms with Crippen molar-refractivity contribution in [2.24, 2.45) is 0 Å². The fourth-order valence-electron chi connectivity index (χ4n) is 2.19. The molecule has 1 N–H and O–H groups in total. The van der Waals surface area contributed by atoms with E-state index in [9.17, 15) is 0 Å². The van der Waals surface area contributed by atoms with Crippen molar-refractivity contribution in [1.29, 1.82) is 5.26 Å². The van der Waals surface area contributed by atoms with Gasteiger partial charge in [-0.1, -0.05) is 0 Å². The number of nitrogens with zero attached hydrogens (tertiary/aromatic N) is 1. The standard InChI is InChI=1S/C17H20N2O2/c1-13(5-7-16-4-3-9-21-16)19-12-15-10-14(11-18)6-8-17(15)20-2/h3-4,6,8-10,13,19H,5,7,12H2,1-2H3. The van der Waals surface area contributed by atoms with E-state index in [1.54, 1.807) is 19.4 Å². The second kappa shape index (κ2) is 7.51. The van der Waals surface area contributed by atoms with E-state index in [1.165, 1.54) is 0 Å². The van der Waals surface area contributed by atoms with E-state index in [2.05, 4.69) is 18.3 Å². The van der Waals surface area contributed by atoms with Crippen LogP contribution in [0, 0.1) is 11.3 Å². The lowest BCUT2D eigenvalue weighted by atomic mass is 10.1. The van der Waals surface area contributed by atoms with Crippen LogP contribution in [0.2, 0.25) is 0 Å². The molecule has 0 fully saturated rings.